The topological polar surface area (TPSA) is 46.5 Å². The molecule has 3 nitrogen and oxygen atoms in total. The second-order valence-corrected chi connectivity index (χ2v) is 9.71. The number of carboxylic acid groups (broad SMARTS) is 1. The average Bonchev–Trinajstić information content (AvgIpc) is 2.72. The molecule has 0 bridgehead atoms. The number of alkyl halides is 3. The number of rotatable bonds is 7. The third-order valence-electron chi connectivity index (χ3n) is 5.36. The lowest BCUT2D eigenvalue weighted by Gasteiger charge is -2.21. The van der Waals surface area contributed by atoms with E-state index in [-0.39, 0.29) is 6.61 Å². The van der Waals surface area contributed by atoms with E-state index in [2.05, 4.69) is 0 Å². The number of aliphatic carboxylic acids is 1. The minimum absolute atomic E-state index is 0.239. The van der Waals surface area contributed by atoms with Crippen LogP contribution in [0.15, 0.2) is 59.0 Å². The first-order valence-electron chi connectivity index (χ1n) is 10.3. The second kappa shape index (κ2) is 9.63. The van der Waals surface area contributed by atoms with Gasteiger partial charge in [-0.3, -0.25) is 4.79 Å². The summed E-state index contributed by atoms with van der Waals surface area (Å²) >= 11 is 1.34. The van der Waals surface area contributed by atoms with Crippen LogP contribution in [0.4, 0.5) is 17.6 Å². The normalized spacial score (nSPS) is 14.8. The van der Waals surface area contributed by atoms with E-state index in [4.69, 9.17) is 4.74 Å². The number of carbonyl (C=O) groups is 1. The molecule has 0 saturated carbocycles. The summed E-state index contributed by atoms with van der Waals surface area (Å²) in [7, 11) is 0. The van der Waals surface area contributed by atoms with Crippen LogP contribution in [0.1, 0.15) is 43.9 Å². The van der Waals surface area contributed by atoms with Gasteiger partial charge in [0, 0.05) is 9.81 Å². The van der Waals surface area contributed by atoms with Crippen molar-refractivity contribution in [2.45, 2.75) is 39.8 Å². The number of allylic oxidation sites excluding steroid dienone is 2. The average molecular weight is 481 g/mol. The Morgan fingerprint density at radius 3 is 2.52 bits per heavy atom. The van der Waals surface area contributed by atoms with E-state index in [1.807, 2.05) is 19.1 Å². The van der Waals surface area contributed by atoms with Gasteiger partial charge >= 0.3 is 12.1 Å². The molecular weight excluding hydrogens is 456 g/mol. The van der Waals surface area contributed by atoms with Crippen LogP contribution in [0, 0.1) is 11.2 Å². The molecule has 176 valence electrons. The summed E-state index contributed by atoms with van der Waals surface area (Å²) in [6, 6.07) is 10.2. The molecule has 0 aliphatic carbocycles. The maximum Gasteiger partial charge on any atom is 0.419 e. The van der Waals surface area contributed by atoms with Crippen molar-refractivity contribution in [2.75, 3.05) is 6.61 Å². The lowest BCUT2D eigenvalue weighted by atomic mass is 9.86. The van der Waals surface area contributed by atoms with Crippen LogP contribution >= 0.6 is 11.8 Å². The molecule has 0 saturated heterocycles. The van der Waals surface area contributed by atoms with Crippen molar-refractivity contribution >= 4 is 22.6 Å². The van der Waals surface area contributed by atoms with E-state index in [1.54, 1.807) is 32.0 Å². The predicted molar refractivity (Wildman–Crippen MR) is 121 cm³/mol. The lowest BCUT2D eigenvalue weighted by molar-refractivity contribution is -0.146. The predicted octanol–water partition coefficient (Wildman–Crippen LogP) is 7.33. The van der Waals surface area contributed by atoms with E-state index >= 15 is 0 Å². The highest BCUT2D eigenvalue weighted by Gasteiger charge is 2.34. The van der Waals surface area contributed by atoms with Crippen LogP contribution in [0.3, 0.4) is 0 Å². The number of thioether (sulfide) groups is 1. The smallest absolute Gasteiger partial charge is 0.419 e. The van der Waals surface area contributed by atoms with E-state index in [0.717, 1.165) is 28.2 Å². The first-order chi connectivity index (χ1) is 15.4. The first kappa shape index (κ1) is 24.9. The van der Waals surface area contributed by atoms with Crippen molar-refractivity contribution in [3.8, 4) is 5.75 Å². The number of carboxylic acids is 1. The van der Waals surface area contributed by atoms with Gasteiger partial charge in [-0.2, -0.15) is 13.2 Å². The number of hydrogen-bond donors (Lipinski definition) is 1. The fourth-order valence-electron chi connectivity index (χ4n) is 3.33. The minimum Gasteiger partial charge on any atom is -0.488 e. The standard InChI is InChI=1S/C25H24F4O3S/c1-15-7-10-21(17-8-9-19(20(26)12-17)25(27,28)29)33-22(15)14-32-18-6-4-5-16(11-18)13-24(2,3)23(30)31/h4-6,8-12H,7,13-14H2,1-3H3,(H,30,31). The third-order valence-corrected chi connectivity index (χ3v) is 6.69. The fourth-order valence-corrected chi connectivity index (χ4v) is 4.38. The van der Waals surface area contributed by atoms with Gasteiger partial charge in [-0.1, -0.05) is 41.6 Å². The number of halogens is 4. The Labute approximate surface area is 194 Å². The number of ether oxygens (including phenoxy) is 1. The number of hydrogen-bond acceptors (Lipinski definition) is 3. The molecule has 2 aromatic rings. The molecule has 0 atom stereocenters. The van der Waals surface area contributed by atoms with Gasteiger partial charge in [0.05, 0.1) is 11.0 Å². The summed E-state index contributed by atoms with van der Waals surface area (Å²) in [5.74, 6) is -1.59. The van der Waals surface area contributed by atoms with Crippen LogP contribution in [-0.4, -0.2) is 17.7 Å². The van der Waals surface area contributed by atoms with Gasteiger partial charge in [-0.25, -0.2) is 4.39 Å². The summed E-state index contributed by atoms with van der Waals surface area (Å²) in [5, 5.41) is 9.34. The maximum absolute atomic E-state index is 14.0. The van der Waals surface area contributed by atoms with Crippen LogP contribution in [0.5, 0.6) is 5.75 Å². The molecular formula is C25H24F4O3S. The quantitative estimate of drug-likeness (QED) is 0.422. The Bertz CT molecular complexity index is 1120. The van der Waals surface area contributed by atoms with Gasteiger partial charge in [-0.15, -0.1) is 0 Å². The Balaban J connectivity index is 1.69. The van der Waals surface area contributed by atoms with Crippen LogP contribution < -0.4 is 4.74 Å². The second-order valence-electron chi connectivity index (χ2n) is 8.57. The van der Waals surface area contributed by atoms with Gasteiger partial charge < -0.3 is 9.84 Å². The van der Waals surface area contributed by atoms with Crippen molar-refractivity contribution in [1.82, 2.24) is 0 Å². The van der Waals surface area contributed by atoms with E-state index in [9.17, 15) is 27.5 Å². The Morgan fingerprint density at radius 1 is 1.15 bits per heavy atom. The molecule has 2 aromatic carbocycles. The highest BCUT2D eigenvalue weighted by Crippen LogP contribution is 2.42. The molecule has 0 spiro atoms. The minimum atomic E-state index is -4.74. The number of benzene rings is 2. The van der Waals surface area contributed by atoms with Crippen LogP contribution in [0.2, 0.25) is 0 Å². The van der Waals surface area contributed by atoms with Crippen LogP contribution in [0.25, 0.3) is 4.91 Å². The van der Waals surface area contributed by atoms with Crippen molar-refractivity contribution in [2.24, 2.45) is 5.41 Å². The molecule has 0 radical (unpaired) electrons. The van der Waals surface area contributed by atoms with E-state index < -0.39 is 28.9 Å². The van der Waals surface area contributed by atoms with Gasteiger partial charge in [0.25, 0.3) is 0 Å². The van der Waals surface area contributed by atoms with E-state index in [1.165, 1.54) is 17.8 Å². The Kier molecular flexibility index (Phi) is 7.26. The van der Waals surface area contributed by atoms with Crippen molar-refractivity contribution < 1.29 is 32.2 Å². The molecule has 1 aliphatic rings. The zero-order chi connectivity index (χ0) is 24.4. The molecule has 3 rings (SSSR count). The zero-order valence-electron chi connectivity index (χ0n) is 18.4. The SMILES string of the molecule is CC1=C(COc2cccc(CC(C)(C)C(=O)O)c2)SC(c2ccc(C(F)(F)F)c(F)c2)=CC1. The van der Waals surface area contributed by atoms with Gasteiger partial charge in [-0.05, 0) is 69.0 Å². The van der Waals surface area contributed by atoms with Crippen molar-refractivity contribution in [3.05, 3.63) is 81.5 Å². The molecule has 0 fully saturated rings. The van der Waals surface area contributed by atoms with Crippen molar-refractivity contribution in [3.63, 3.8) is 0 Å². The summed E-state index contributed by atoms with van der Waals surface area (Å²) in [6.07, 6.45) is -1.95. The van der Waals surface area contributed by atoms with E-state index in [0.29, 0.717) is 29.1 Å². The summed E-state index contributed by atoms with van der Waals surface area (Å²) in [4.78, 5) is 13.0. The maximum atomic E-state index is 14.0. The molecule has 0 amide bonds. The Hall–Kier alpha value is -2.74. The summed E-state index contributed by atoms with van der Waals surface area (Å²) in [5.41, 5.74) is 0.0810. The fraction of sp³-hybridized carbons (Fsp3) is 0.320. The largest absolute Gasteiger partial charge is 0.488 e. The summed E-state index contributed by atoms with van der Waals surface area (Å²) < 4.78 is 58.5. The third kappa shape index (κ3) is 6.19. The summed E-state index contributed by atoms with van der Waals surface area (Å²) in [6.45, 7) is 5.50. The van der Waals surface area contributed by atoms with Gasteiger partial charge in [0.1, 0.15) is 18.2 Å². The molecule has 0 unspecified atom stereocenters. The van der Waals surface area contributed by atoms with Crippen molar-refractivity contribution in [1.29, 1.82) is 0 Å². The molecule has 1 heterocycles. The van der Waals surface area contributed by atoms with Gasteiger partial charge in [0.2, 0.25) is 0 Å². The first-order valence-corrected chi connectivity index (χ1v) is 11.1. The zero-order valence-corrected chi connectivity index (χ0v) is 19.2. The van der Waals surface area contributed by atoms with Crippen LogP contribution in [-0.2, 0) is 17.4 Å². The lowest BCUT2D eigenvalue weighted by Crippen LogP contribution is -2.26. The molecule has 33 heavy (non-hydrogen) atoms. The highest BCUT2D eigenvalue weighted by atomic mass is 32.2. The molecule has 8 heteroatoms. The Morgan fingerprint density at radius 2 is 1.88 bits per heavy atom. The monoisotopic (exact) mass is 480 g/mol. The highest BCUT2D eigenvalue weighted by molar-refractivity contribution is 8.11. The molecule has 0 aromatic heterocycles. The molecule has 1 aliphatic heterocycles. The van der Waals surface area contributed by atoms with Gasteiger partial charge in [0.15, 0.2) is 0 Å². The molecule has 1 N–H and O–H groups in total.